The number of rotatable bonds is 6. The van der Waals surface area contributed by atoms with Gasteiger partial charge in [-0.25, -0.2) is 4.79 Å². The molecule has 35 heavy (non-hydrogen) atoms. The number of piperazine rings is 1. The van der Waals surface area contributed by atoms with Crippen molar-refractivity contribution in [3.8, 4) is 0 Å². The normalized spacial score (nSPS) is 27.5. The Bertz CT molecular complexity index is 925. The molecule has 3 saturated heterocycles. The molecule has 1 atom stereocenters. The lowest BCUT2D eigenvalue weighted by molar-refractivity contribution is -0.0931. The Kier molecular flexibility index (Phi) is 6.33. The smallest absolute Gasteiger partial charge is 0.410 e. The van der Waals surface area contributed by atoms with Crippen molar-refractivity contribution in [3.63, 3.8) is 0 Å². The van der Waals surface area contributed by atoms with Crippen molar-refractivity contribution in [2.24, 2.45) is 5.41 Å². The van der Waals surface area contributed by atoms with Crippen molar-refractivity contribution in [1.29, 1.82) is 0 Å². The van der Waals surface area contributed by atoms with Crippen molar-refractivity contribution < 1.29 is 19.0 Å². The van der Waals surface area contributed by atoms with Crippen molar-refractivity contribution in [2.75, 3.05) is 64.6 Å². The van der Waals surface area contributed by atoms with Crippen LogP contribution in [-0.4, -0.2) is 103 Å². The second kappa shape index (κ2) is 8.92. The molecule has 9 nitrogen and oxygen atoms in total. The number of amides is 1. The third-order valence-electron chi connectivity index (χ3n) is 8.36. The lowest BCUT2D eigenvalue weighted by Gasteiger charge is -2.58. The third-order valence-corrected chi connectivity index (χ3v) is 8.36. The van der Waals surface area contributed by atoms with Crippen LogP contribution < -0.4 is 4.90 Å². The molecule has 0 unspecified atom stereocenters. The molecule has 1 saturated carbocycles. The van der Waals surface area contributed by atoms with Crippen LogP contribution in [0.5, 0.6) is 0 Å². The van der Waals surface area contributed by atoms with Gasteiger partial charge in [0, 0.05) is 63.6 Å². The number of aromatic nitrogens is 2. The van der Waals surface area contributed by atoms with E-state index in [0.29, 0.717) is 12.1 Å². The minimum Gasteiger partial charge on any atom is -0.444 e. The van der Waals surface area contributed by atoms with Gasteiger partial charge in [-0.2, -0.15) is 5.10 Å². The Labute approximate surface area is 209 Å². The molecule has 9 heteroatoms. The molecular formula is C26H43N5O4. The zero-order chi connectivity index (χ0) is 25.0. The molecule has 0 N–H and O–H groups in total. The molecule has 4 fully saturated rings. The van der Waals surface area contributed by atoms with Crippen molar-refractivity contribution in [2.45, 2.75) is 77.1 Å². The standard InChI is InChI=1S/C26H43N5O4/c1-19-11-22(30-9-8-28(21-14-34-15-21)16-25(30,5)7-10-33-6)27-31(19)20-12-26(13-20)17-29(18-26)23(32)35-24(2,3)4/h11,20-21H,7-10,12-18H2,1-6H3/t25-/m0/s1. The number of hydrogen-bond donors (Lipinski definition) is 0. The molecular weight excluding hydrogens is 446 g/mol. The zero-order valence-electron chi connectivity index (χ0n) is 22.4. The van der Waals surface area contributed by atoms with Crippen LogP contribution in [0.2, 0.25) is 0 Å². The Balaban J connectivity index is 1.22. The molecule has 196 valence electrons. The molecule has 0 radical (unpaired) electrons. The van der Waals surface area contributed by atoms with Gasteiger partial charge in [-0.3, -0.25) is 9.58 Å². The lowest BCUT2D eigenvalue weighted by atomic mass is 9.61. The second-order valence-electron chi connectivity index (χ2n) is 12.5. The first-order chi connectivity index (χ1) is 16.5. The van der Waals surface area contributed by atoms with Crippen LogP contribution in [0.15, 0.2) is 6.07 Å². The zero-order valence-corrected chi connectivity index (χ0v) is 22.4. The van der Waals surface area contributed by atoms with E-state index >= 15 is 0 Å². The van der Waals surface area contributed by atoms with Crippen LogP contribution in [0.1, 0.15) is 58.7 Å². The summed E-state index contributed by atoms with van der Waals surface area (Å²) in [7, 11) is 1.78. The average Bonchev–Trinajstić information content (AvgIpc) is 3.02. The van der Waals surface area contributed by atoms with Gasteiger partial charge in [0.15, 0.2) is 5.82 Å². The van der Waals surface area contributed by atoms with Crippen LogP contribution in [-0.2, 0) is 14.2 Å². The van der Waals surface area contributed by atoms with Crippen LogP contribution in [0.3, 0.4) is 0 Å². The molecule has 1 aromatic heterocycles. The Morgan fingerprint density at radius 3 is 2.49 bits per heavy atom. The Morgan fingerprint density at radius 1 is 1.17 bits per heavy atom. The molecule has 4 heterocycles. The van der Waals surface area contributed by atoms with Crippen LogP contribution in [0.4, 0.5) is 10.6 Å². The van der Waals surface area contributed by atoms with E-state index < -0.39 is 5.60 Å². The van der Waals surface area contributed by atoms with Crippen LogP contribution in [0, 0.1) is 12.3 Å². The van der Waals surface area contributed by atoms with Crippen molar-refractivity contribution in [1.82, 2.24) is 19.6 Å². The van der Waals surface area contributed by atoms with Gasteiger partial charge < -0.3 is 24.0 Å². The fraction of sp³-hybridized carbons (Fsp3) is 0.846. The first kappa shape index (κ1) is 24.8. The van der Waals surface area contributed by atoms with E-state index in [1.165, 1.54) is 5.69 Å². The summed E-state index contributed by atoms with van der Waals surface area (Å²) in [6.45, 7) is 17.3. The quantitative estimate of drug-likeness (QED) is 0.608. The maximum absolute atomic E-state index is 12.3. The summed E-state index contributed by atoms with van der Waals surface area (Å²) in [6, 6.07) is 3.21. The van der Waals surface area contributed by atoms with Gasteiger partial charge in [0.1, 0.15) is 5.60 Å². The molecule has 4 aliphatic rings. The number of likely N-dealkylation sites (tertiary alicyclic amines) is 1. The highest BCUT2D eigenvalue weighted by molar-refractivity contribution is 5.69. The number of hydrogen-bond acceptors (Lipinski definition) is 7. The molecule has 1 spiro atoms. The number of methoxy groups -OCH3 is 1. The first-order valence-electron chi connectivity index (χ1n) is 13.1. The predicted octanol–water partition coefficient (Wildman–Crippen LogP) is 3.08. The Morgan fingerprint density at radius 2 is 1.89 bits per heavy atom. The van der Waals surface area contributed by atoms with Crippen molar-refractivity contribution >= 4 is 11.9 Å². The lowest BCUT2D eigenvalue weighted by Crippen LogP contribution is -2.66. The van der Waals surface area contributed by atoms with Crippen molar-refractivity contribution in [3.05, 3.63) is 11.8 Å². The van der Waals surface area contributed by atoms with Gasteiger partial charge in [0.05, 0.1) is 30.8 Å². The maximum atomic E-state index is 12.3. The van der Waals surface area contributed by atoms with Gasteiger partial charge in [0.25, 0.3) is 0 Å². The monoisotopic (exact) mass is 489 g/mol. The predicted molar refractivity (Wildman–Crippen MR) is 134 cm³/mol. The molecule has 1 aliphatic carbocycles. The summed E-state index contributed by atoms with van der Waals surface area (Å²) in [5.74, 6) is 1.08. The number of anilines is 1. The van der Waals surface area contributed by atoms with E-state index in [-0.39, 0.29) is 17.0 Å². The largest absolute Gasteiger partial charge is 0.444 e. The van der Waals surface area contributed by atoms with E-state index in [1.54, 1.807) is 7.11 Å². The summed E-state index contributed by atoms with van der Waals surface area (Å²) in [5, 5.41) is 5.14. The number of nitrogens with zero attached hydrogens (tertiary/aromatic N) is 5. The first-order valence-corrected chi connectivity index (χ1v) is 13.1. The van der Waals surface area contributed by atoms with Gasteiger partial charge in [-0.1, -0.05) is 0 Å². The van der Waals surface area contributed by atoms with Crippen LogP contribution >= 0.6 is 0 Å². The number of ether oxygens (including phenoxy) is 3. The van der Waals surface area contributed by atoms with E-state index in [2.05, 4.69) is 34.4 Å². The van der Waals surface area contributed by atoms with E-state index in [1.807, 2.05) is 25.7 Å². The minimum absolute atomic E-state index is 0.0296. The Hall–Kier alpha value is -1.84. The van der Waals surface area contributed by atoms with Gasteiger partial charge in [-0.05, 0) is 53.9 Å². The third kappa shape index (κ3) is 4.79. The fourth-order valence-corrected chi connectivity index (χ4v) is 6.34. The topological polar surface area (TPSA) is 72.3 Å². The summed E-state index contributed by atoms with van der Waals surface area (Å²) in [6.07, 6.45) is 2.93. The number of aryl methyl sites for hydroxylation is 1. The molecule has 1 aromatic rings. The number of carbonyl (C=O) groups is 1. The van der Waals surface area contributed by atoms with Gasteiger partial charge in [-0.15, -0.1) is 0 Å². The number of carbonyl (C=O) groups excluding carboxylic acids is 1. The van der Waals surface area contributed by atoms with Gasteiger partial charge >= 0.3 is 6.09 Å². The second-order valence-corrected chi connectivity index (χ2v) is 12.5. The summed E-state index contributed by atoms with van der Waals surface area (Å²) < 4.78 is 18.7. The molecule has 0 aromatic carbocycles. The van der Waals surface area contributed by atoms with E-state index in [0.717, 1.165) is 77.6 Å². The summed E-state index contributed by atoms with van der Waals surface area (Å²) in [5.41, 5.74) is 0.980. The molecule has 5 rings (SSSR count). The molecule has 1 amide bonds. The van der Waals surface area contributed by atoms with E-state index in [4.69, 9.17) is 19.3 Å². The molecule has 0 bridgehead atoms. The fourth-order valence-electron chi connectivity index (χ4n) is 6.34. The summed E-state index contributed by atoms with van der Waals surface area (Å²) in [4.78, 5) is 19.3. The average molecular weight is 490 g/mol. The highest BCUT2D eigenvalue weighted by Gasteiger charge is 2.55. The van der Waals surface area contributed by atoms with Crippen LogP contribution in [0.25, 0.3) is 0 Å². The minimum atomic E-state index is -0.445. The maximum Gasteiger partial charge on any atom is 0.410 e. The van der Waals surface area contributed by atoms with E-state index in [9.17, 15) is 4.79 Å². The SMILES string of the molecule is COCC[C@@]1(C)CN(C2COC2)CCN1c1cc(C)n(C2CC3(C2)CN(C(=O)OC(C)(C)C)C3)n1. The molecule has 3 aliphatic heterocycles. The highest BCUT2D eigenvalue weighted by Crippen LogP contribution is 2.54. The van der Waals surface area contributed by atoms with Gasteiger partial charge in [0.2, 0.25) is 0 Å². The highest BCUT2D eigenvalue weighted by atomic mass is 16.6. The summed E-state index contributed by atoms with van der Waals surface area (Å²) >= 11 is 0.